The van der Waals surface area contributed by atoms with E-state index in [4.69, 9.17) is 20.5 Å². The Kier molecular flexibility index (Phi) is 15.1. The normalized spacial score (nSPS) is 11.9. The zero-order valence-corrected chi connectivity index (χ0v) is 20.4. The highest BCUT2D eigenvalue weighted by molar-refractivity contribution is 6.64. The van der Waals surface area contributed by atoms with Gasteiger partial charge in [0.05, 0.1) is 6.61 Å². The summed E-state index contributed by atoms with van der Waals surface area (Å²) >= 11 is 5.92. The summed E-state index contributed by atoms with van der Waals surface area (Å²) in [7, 11) is -2.04. The largest absolute Gasteiger partial charge is 0.395 e. The second-order valence-electron chi connectivity index (χ2n) is 8.41. The molecule has 0 heterocycles. The molecule has 0 bridgehead atoms. The first-order valence-electron chi connectivity index (χ1n) is 11.6. The highest BCUT2D eigenvalue weighted by Gasteiger charge is 2.24. The molecular formula is C24H43ClO2Si. The molecule has 1 rings (SSSR count). The lowest BCUT2D eigenvalue weighted by atomic mass is 10.0. The summed E-state index contributed by atoms with van der Waals surface area (Å²) in [4.78, 5) is 0. The Hall–Kier alpha value is -0.353. The van der Waals surface area contributed by atoms with Gasteiger partial charge in [0.2, 0.25) is 0 Å². The van der Waals surface area contributed by atoms with E-state index in [1.165, 1.54) is 77.0 Å². The number of benzene rings is 1. The molecule has 0 saturated heterocycles. The maximum Gasteiger partial charge on any atom is 0.332 e. The van der Waals surface area contributed by atoms with Gasteiger partial charge in [-0.25, -0.2) is 0 Å². The van der Waals surface area contributed by atoms with Gasteiger partial charge in [-0.1, -0.05) is 108 Å². The number of rotatable bonds is 18. The van der Waals surface area contributed by atoms with E-state index in [2.05, 4.69) is 20.0 Å². The molecule has 4 heteroatoms. The van der Waals surface area contributed by atoms with Crippen LogP contribution in [-0.4, -0.2) is 15.2 Å². The van der Waals surface area contributed by atoms with Crippen LogP contribution in [0.1, 0.15) is 96.0 Å². The number of unbranched alkanes of at least 4 members (excludes halogenated alkanes) is 12. The predicted octanol–water partition coefficient (Wildman–Crippen LogP) is 8.67. The first-order valence-corrected chi connectivity index (χ1v) is 14.8. The zero-order chi connectivity index (χ0) is 20.5. The molecule has 0 aliphatic carbocycles. The quantitative estimate of drug-likeness (QED) is 0.172. The van der Waals surface area contributed by atoms with Crippen LogP contribution in [0.15, 0.2) is 24.3 Å². The van der Waals surface area contributed by atoms with Crippen LogP contribution >= 0.6 is 11.6 Å². The minimum Gasteiger partial charge on any atom is -0.395 e. The molecule has 0 saturated carbocycles. The molecule has 0 aliphatic heterocycles. The van der Waals surface area contributed by atoms with Crippen molar-refractivity contribution in [2.75, 3.05) is 6.61 Å². The van der Waals surface area contributed by atoms with E-state index in [9.17, 15) is 0 Å². The van der Waals surface area contributed by atoms with Crippen molar-refractivity contribution < 1.29 is 8.85 Å². The van der Waals surface area contributed by atoms with Crippen LogP contribution in [0.2, 0.25) is 18.1 Å². The van der Waals surface area contributed by atoms with Crippen molar-refractivity contribution in [2.45, 2.75) is 110 Å². The van der Waals surface area contributed by atoms with Crippen molar-refractivity contribution in [1.82, 2.24) is 0 Å². The Morgan fingerprint density at radius 1 is 0.679 bits per heavy atom. The summed E-state index contributed by atoms with van der Waals surface area (Å²) < 4.78 is 12.1. The van der Waals surface area contributed by atoms with Crippen molar-refractivity contribution in [3.05, 3.63) is 34.9 Å². The van der Waals surface area contributed by atoms with Crippen molar-refractivity contribution in [3.63, 3.8) is 0 Å². The maximum absolute atomic E-state index is 6.07. The van der Waals surface area contributed by atoms with Crippen LogP contribution in [-0.2, 0) is 15.5 Å². The van der Waals surface area contributed by atoms with E-state index in [1.54, 1.807) is 0 Å². The first kappa shape index (κ1) is 25.7. The Morgan fingerprint density at radius 2 is 1.14 bits per heavy atom. The van der Waals surface area contributed by atoms with Gasteiger partial charge in [-0.05, 0) is 37.2 Å². The van der Waals surface area contributed by atoms with Crippen LogP contribution in [0.3, 0.4) is 0 Å². The standard InChI is InChI=1S/C24H43ClO2Si/c1-4-5-6-7-8-9-10-11-12-13-14-15-16-21-26-28(2,3)27-22-23-17-19-24(25)20-18-23/h17-20H,4-16,21-22H2,1-3H3. The third-order valence-corrected chi connectivity index (χ3v) is 7.19. The fourth-order valence-electron chi connectivity index (χ4n) is 3.32. The molecule has 0 aromatic heterocycles. The van der Waals surface area contributed by atoms with Crippen LogP contribution in [0.5, 0.6) is 0 Å². The fourth-order valence-corrected chi connectivity index (χ4v) is 4.68. The maximum atomic E-state index is 6.07. The van der Waals surface area contributed by atoms with Gasteiger partial charge in [-0.3, -0.25) is 0 Å². The molecule has 162 valence electrons. The van der Waals surface area contributed by atoms with E-state index < -0.39 is 8.56 Å². The Balaban J connectivity index is 1.90. The molecule has 0 N–H and O–H groups in total. The first-order chi connectivity index (χ1) is 13.5. The summed E-state index contributed by atoms with van der Waals surface area (Å²) in [5.74, 6) is 0. The van der Waals surface area contributed by atoms with E-state index >= 15 is 0 Å². The Bertz CT molecular complexity index is 476. The van der Waals surface area contributed by atoms with Gasteiger partial charge in [0.25, 0.3) is 0 Å². The van der Waals surface area contributed by atoms with Gasteiger partial charge >= 0.3 is 8.56 Å². The smallest absolute Gasteiger partial charge is 0.332 e. The van der Waals surface area contributed by atoms with Crippen molar-refractivity contribution in [3.8, 4) is 0 Å². The van der Waals surface area contributed by atoms with E-state index in [0.29, 0.717) is 6.61 Å². The molecule has 0 amide bonds. The topological polar surface area (TPSA) is 18.5 Å². The lowest BCUT2D eigenvalue weighted by Crippen LogP contribution is -2.35. The third kappa shape index (κ3) is 14.6. The van der Waals surface area contributed by atoms with Gasteiger partial charge in [0, 0.05) is 11.6 Å². The average molecular weight is 427 g/mol. The summed E-state index contributed by atoms with van der Waals surface area (Å²) in [5.41, 5.74) is 1.15. The molecule has 1 aromatic rings. The fraction of sp³-hybridized carbons (Fsp3) is 0.750. The van der Waals surface area contributed by atoms with Gasteiger partial charge in [0.1, 0.15) is 0 Å². The number of hydrogen-bond acceptors (Lipinski definition) is 2. The van der Waals surface area contributed by atoms with Crippen LogP contribution in [0.25, 0.3) is 0 Å². The Morgan fingerprint density at radius 3 is 1.64 bits per heavy atom. The second-order valence-corrected chi connectivity index (χ2v) is 12.2. The monoisotopic (exact) mass is 426 g/mol. The molecule has 1 aromatic carbocycles. The van der Waals surface area contributed by atoms with Gasteiger partial charge in [-0.15, -0.1) is 0 Å². The van der Waals surface area contributed by atoms with E-state index in [0.717, 1.165) is 23.6 Å². The van der Waals surface area contributed by atoms with Gasteiger partial charge in [-0.2, -0.15) is 0 Å². The number of hydrogen-bond donors (Lipinski definition) is 0. The zero-order valence-electron chi connectivity index (χ0n) is 18.6. The van der Waals surface area contributed by atoms with Crippen LogP contribution in [0.4, 0.5) is 0 Å². The van der Waals surface area contributed by atoms with Crippen molar-refractivity contribution in [2.24, 2.45) is 0 Å². The van der Waals surface area contributed by atoms with Crippen molar-refractivity contribution >= 4 is 20.2 Å². The molecule has 2 nitrogen and oxygen atoms in total. The Labute approximate surface area is 180 Å². The van der Waals surface area contributed by atoms with Crippen LogP contribution < -0.4 is 0 Å². The number of halogens is 1. The molecule has 28 heavy (non-hydrogen) atoms. The molecule has 0 aliphatic rings. The summed E-state index contributed by atoms with van der Waals surface area (Å²) in [6, 6.07) is 7.84. The highest BCUT2D eigenvalue weighted by atomic mass is 35.5. The summed E-state index contributed by atoms with van der Waals surface area (Å²) in [6.07, 6.45) is 17.9. The van der Waals surface area contributed by atoms with Crippen LogP contribution in [0, 0.1) is 0 Å². The molecule has 0 spiro atoms. The molecule has 0 atom stereocenters. The lowest BCUT2D eigenvalue weighted by Gasteiger charge is -2.23. The molecule has 0 unspecified atom stereocenters. The average Bonchev–Trinajstić information content (AvgIpc) is 2.68. The van der Waals surface area contributed by atoms with E-state index in [1.807, 2.05) is 24.3 Å². The minimum atomic E-state index is -2.04. The SMILES string of the molecule is CCCCCCCCCCCCCCCO[Si](C)(C)OCc1ccc(Cl)cc1. The summed E-state index contributed by atoms with van der Waals surface area (Å²) in [6.45, 7) is 7.98. The van der Waals surface area contributed by atoms with Gasteiger partial charge < -0.3 is 8.85 Å². The second kappa shape index (κ2) is 16.4. The van der Waals surface area contributed by atoms with E-state index in [-0.39, 0.29) is 0 Å². The predicted molar refractivity (Wildman–Crippen MR) is 125 cm³/mol. The molecule has 0 radical (unpaired) electrons. The van der Waals surface area contributed by atoms with Crippen molar-refractivity contribution in [1.29, 1.82) is 0 Å². The third-order valence-electron chi connectivity index (χ3n) is 5.20. The summed E-state index contributed by atoms with van der Waals surface area (Å²) in [5, 5.41) is 0.763. The van der Waals surface area contributed by atoms with Gasteiger partial charge in [0.15, 0.2) is 0 Å². The highest BCUT2D eigenvalue weighted by Crippen LogP contribution is 2.16. The minimum absolute atomic E-state index is 0.606. The molecular weight excluding hydrogens is 384 g/mol. The lowest BCUT2D eigenvalue weighted by molar-refractivity contribution is 0.168. The molecule has 0 fully saturated rings.